The Kier molecular flexibility index (Phi) is 4.88. The third-order valence-electron chi connectivity index (χ3n) is 6.24. The molecule has 3 heteroatoms. The van der Waals surface area contributed by atoms with Gasteiger partial charge in [0.2, 0.25) is 0 Å². The van der Waals surface area contributed by atoms with E-state index in [0.29, 0.717) is 6.71 Å². The summed E-state index contributed by atoms with van der Waals surface area (Å²) in [7, 11) is 0. The number of nitrogens with zero attached hydrogens (tertiary/aromatic N) is 2. The molecule has 0 saturated carbocycles. The zero-order valence-electron chi connectivity index (χ0n) is 17.5. The highest BCUT2D eigenvalue weighted by Gasteiger charge is 2.13. The van der Waals surface area contributed by atoms with Gasteiger partial charge in [-0.05, 0) is 30.3 Å². The molecule has 0 bridgehead atoms. The van der Waals surface area contributed by atoms with Crippen LogP contribution < -0.4 is 5.46 Å². The van der Waals surface area contributed by atoms with Crippen LogP contribution in [0.3, 0.4) is 0 Å². The molecule has 2 nitrogen and oxygen atoms in total. The van der Waals surface area contributed by atoms with Gasteiger partial charge >= 0.3 is 0 Å². The Labute approximate surface area is 178 Å². The molecule has 0 aliphatic heterocycles. The lowest BCUT2D eigenvalue weighted by Gasteiger charge is -2.11. The molecule has 146 valence electrons. The molecule has 0 aliphatic carbocycles. The third-order valence-corrected chi connectivity index (χ3v) is 6.24. The van der Waals surface area contributed by atoms with Gasteiger partial charge in [0.1, 0.15) is 0 Å². The van der Waals surface area contributed by atoms with Crippen molar-refractivity contribution in [2.45, 2.75) is 26.5 Å². The highest BCUT2D eigenvalue weighted by atomic mass is 15.0. The maximum Gasteiger partial charge on any atom is 0.177 e. The largest absolute Gasteiger partial charge is 0.309 e. The molecule has 2 heterocycles. The smallest absolute Gasteiger partial charge is 0.177 e. The summed E-state index contributed by atoms with van der Waals surface area (Å²) >= 11 is 0. The molecule has 30 heavy (non-hydrogen) atoms. The molecule has 0 N–H and O–H groups in total. The molecule has 0 aliphatic rings. The molecule has 0 spiro atoms. The van der Waals surface area contributed by atoms with Crippen LogP contribution in [0.5, 0.6) is 0 Å². The van der Waals surface area contributed by atoms with Crippen LogP contribution in [0.4, 0.5) is 0 Å². The van der Waals surface area contributed by atoms with Gasteiger partial charge in [0.15, 0.2) is 6.71 Å². The monoisotopic (exact) mass is 388 g/mol. The van der Waals surface area contributed by atoms with E-state index < -0.39 is 0 Å². The second-order valence-corrected chi connectivity index (χ2v) is 7.91. The van der Waals surface area contributed by atoms with Crippen molar-refractivity contribution < 1.29 is 0 Å². The highest BCUT2D eigenvalue weighted by molar-refractivity contribution is 6.73. The lowest BCUT2D eigenvalue weighted by Crippen LogP contribution is -2.28. The fourth-order valence-electron chi connectivity index (χ4n) is 4.56. The minimum Gasteiger partial charge on any atom is -0.309 e. The summed E-state index contributed by atoms with van der Waals surface area (Å²) in [4.78, 5) is 4.75. The van der Waals surface area contributed by atoms with Crippen molar-refractivity contribution in [2.75, 3.05) is 0 Å². The zero-order chi connectivity index (χ0) is 20.5. The summed E-state index contributed by atoms with van der Waals surface area (Å²) < 4.78 is 2.35. The molecule has 5 aromatic rings. The van der Waals surface area contributed by atoms with E-state index in [1.54, 1.807) is 0 Å². The first-order valence-corrected chi connectivity index (χ1v) is 10.8. The van der Waals surface area contributed by atoms with Crippen LogP contribution in [-0.4, -0.2) is 16.3 Å². The molecule has 0 unspecified atom stereocenters. The molecule has 0 radical (unpaired) electrons. The van der Waals surface area contributed by atoms with Gasteiger partial charge in [-0.15, -0.1) is 0 Å². The van der Waals surface area contributed by atoms with Crippen molar-refractivity contribution in [1.29, 1.82) is 0 Å². The number of hydrogen-bond donors (Lipinski definition) is 0. The minimum atomic E-state index is 0.601. The Morgan fingerprint density at radius 3 is 1.83 bits per heavy atom. The van der Waals surface area contributed by atoms with Gasteiger partial charge in [-0.1, -0.05) is 86.5 Å². The van der Waals surface area contributed by atoms with Gasteiger partial charge in [-0.2, -0.15) is 0 Å². The first-order valence-electron chi connectivity index (χ1n) is 10.8. The SMILES string of the molecule is CCB(CC)c1ccc(-c2ccc(-n3c4ccccc4c4ccccc43)cc2)nc1. The van der Waals surface area contributed by atoms with Crippen molar-refractivity contribution in [1.82, 2.24) is 9.55 Å². The summed E-state index contributed by atoms with van der Waals surface area (Å²) in [5.74, 6) is 0. The highest BCUT2D eigenvalue weighted by Crippen LogP contribution is 2.32. The van der Waals surface area contributed by atoms with E-state index in [1.165, 1.54) is 33.0 Å². The maximum atomic E-state index is 4.75. The van der Waals surface area contributed by atoms with Gasteiger partial charge < -0.3 is 4.57 Å². The molecule has 5 rings (SSSR count). The van der Waals surface area contributed by atoms with Gasteiger partial charge in [-0.25, -0.2) is 0 Å². The lowest BCUT2D eigenvalue weighted by atomic mass is 9.42. The molecule has 3 aromatic carbocycles. The number of rotatable bonds is 5. The van der Waals surface area contributed by atoms with E-state index in [-0.39, 0.29) is 0 Å². The molecule has 0 atom stereocenters. The van der Waals surface area contributed by atoms with Crippen molar-refractivity contribution in [3.63, 3.8) is 0 Å². The average molecular weight is 388 g/mol. The summed E-state index contributed by atoms with van der Waals surface area (Å²) in [5, 5.41) is 2.58. The molecule has 0 fully saturated rings. The van der Waals surface area contributed by atoms with E-state index in [2.05, 4.69) is 103 Å². The van der Waals surface area contributed by atoms with E-state index in [9.17, 15) is 0 Å². The number of aromatic nitrogens is 2. The Morgan fingerprint density at radius 1 is 0.700 bits per heavy atom. The van der Waals surface area contributed by atoms with Crippen LogP contribution in [0.1, 0.15) is 13.8 Å². The Morgan fingerprint density at radius 2 is 1.30 bits per heavy atom. The normalized spacial score (nSPS) is 11.3. The summed E-state index contributed by atoms with van der Waals surface area (Å²) in [6, 6.07) is 30.4. The van der Waals surface area contributed by atoms with Crippen LogP contribution in [-0.2, 0) is 0 Å². The number of hydrogen-bond acceptors (Lipinski definition) is 1. The van der Waals surface area contributed by atoms with E-state index in [1.807, 2.05) is 6.20 Å². The first-order chi connectivity index (χ1) is 14.8. The van der Waals surface area contributed by atoms with E-state index in [4.69, 9.17) is 4.98 Å². The quantitative estimate of drug-likeness (QED) is 0.311. The second-order valence-electron chi connectivity index (χ2n) is 7.91. The fraction of sp³-hybridized carbons (Fsp3) is 0.148. The number of para-hydroxylation sites is 2. The molecule has 2 aromatic heterocycles. The van der Waals surface area contributed by atoms with Gasteiger partial charge in [0.05, 0.1) is 16.7 Å². The van der Waals surface area contributed by atoms with Gasteiger partial charge in [0.25, 0.3) is 0 Å². The predicted octanol–water partition coefficient (Wildman–Crippen LogP) is 6.59. The molecular formula is C27H25BN2. The lowest BCUT2D eigenvalue weighted by molar-refractivity contribution is 1.18. The molecule has 0 saturated heterocycles. The minimum absolute atomic E-state index is 0.601. The number of fused-ring (bicyclic) bond motifs is 3. The third kappa shape index (κ3) is 3.11. The topological polar surface area (TPSA) is 17.8 Å². The van der Waals surface area contributed by atoms with E-state index >= 15 is 0 Å². The van der Waals surface area contributed by atoms with Crippen molar-refractivity contribution >= 4 is 34.0 Å². The summed E-state index contributed by atoms with van der Waals surface area (Å²) in [6.07, 6.45) is 4.36. The second kappa shape index (κ2) is 7.83. The summed E-state index contributed by atoms with van der Waals surface area (Å²) in [6.45, 7) is 5.09. The number of pyridine rings is 1. The van der Waals surface area contributed by atoms with Crippen LogP contribution in [0.25, 0.3) is 38.8 Å². The van der Waals surface area contributed by atoms with Crippen molar-refractivity contribution in [3.8, 4) is 16.9 Å². The zero-order valence-corrected chi connectivity index (χ0v) is 17.5. The fourth-order valence-corrected chi connectivity index (χ4v) is 4.56. The van der Waals surface area contributed by atoms with E-state index in [0.717, 1.165) is 23.9 Å². The number of benzene rings is 3. The Balaban J connectivity index is 1.54. The van der Waals surface area contributed by atoms with Gasteiger partial charge in [-0.3, -0.25) is 4.98 Å². The van der Waals surface area contributed by atoms with Gasteiger partial charge in [0, 0.05) is 28.2 Å². The summed E-state index contributed by atoms with van der Waals surface area (Å²) in [5.41, 5.74) is 7.16. The Bertz CT molecular complexity index is 1240. The predicted molar refractivity (Wildman–Crippen MR) is 130 cm³/mol. The standard InChI is InChI=1S/C27H25BN2/c1-3-28(4-2)21-15-18-25(29-19-21)20-13-16-22(17-14-20)30-26-11-7-5-9-23(26)24-10-6-8-12-27(24)30/h5-19H,3-4H2,1-2H3. The Hall–Kier alpha value is -3.33. The average Bonchev–Trinajstić information content (AvgIpc) is 3.15. The van der Waals surface area contributed by atoms with Crippen LogP contribution in [0.2, 0.25) is 12.6 Å². The van der Waals surface area contributed by atoms with Crippen LogP contribution in [0, 0.1) is 0 Å². The first kappa shape index (κ1) is 18.7. The van der Waals surface area contributed by atoms with Crippen LogP contribution >= 0.6 is 0 Å². The van der Waals surface area contributed by atoms with Crippen molar-refractivity contribution in [2.24, 2.45) is 0 Å². The molecular weight excluding hydrogens is 363 g/mol. The molecule has 0 amide bonds. The van der Waals surface area contributed by atoms with Crippen LogP contribution in [0.15, 0.2) is 91.1 Å². The maximum absolute atomic E-state index is 4.75. The van der Waals surface area contributed by atoms with Crippen molar-refractivity contribution in [3.05, 3.63) is 91.1 Å².